The van der Waals surface area contributed by atoms with Gasteiger partial charge in [-0.15, -0.1) is 0 Å². The topological polar surface area (TPSA) is 183 Å². The summed E-state index contributed by atoms with van der Waals surface area (Å²) in [6, 6.07) is 0. The molecule has 0 aromatic rings. The molecule has 0 saturated heterocycles. The first-order valence-corrected chi connectivity index (χ1v) is 13.1. The molecule has 0 aliphatic rings. The molecule has 0 bridgehead atoms. The highest BCUT2D eigenvalue weighted by Crippen LogP contribution is 1.98. The van der Waals surface area contributed by atoms with Crippen molar-refractivity contribution in [3.63, 3.8) is 0 Å². The maximum Gasteiger partial charge on any atom is 0.320 e. The zero-order valence-corrected chi connectivity index (χ0v) is 23.7. The van der Waals surface area contributed by atoms with Crippen molar-refractivity contribution in [3.8, 4) is 0 Å². The van der Waals surface area contributed by atoms with E-state index in [0.29, 0.717) is 0 Å². The second kappa shape index (κ2) is 23.1. The second-order valence-electron chi connectivity index (χ2n) is 7.85. The van der Waals surface area contributed by atoms with Crippen LogP contribution in [0.25, 0.3) is 0 Å². The van der Waals surface area contributed by atoms with E-state index in [0.717, 1.165) is 0 Å². The summed E-state index contributed by atoms with van der Waals surface area (Å²) < 4.78 is 24.9. The van der Waals surface area contributed by atoms with Gasteiger partial charge in [-0.1, -0.05) is 0 Å². The SMILES string of the molecule is CCOC(=O)CNC(CN(CC(=O)OCC)CC(NCC(=O)OCC)NCC(=O)OCC)NCC(=O)OCC. The van der Waals surface area contributed by atoms with Crippen LogP contribution in [0.15, 0.2) is 0 Å². The molecule has 0 aliphatic heterocycles. The van der Waals surface area contributed by atoms with Gasteiger partial charge >= 0.3 is 29.8 Å². The second-order valence-corrected chi connectivity index (χ2v) is 7.85. The van der Waals surface area contributed by atoms with E-state index in [-0.39, 0.29) is 78.8 Å². The number of rotatable bonds is 23. The molecule has 15 nitrogen and oxygen atoms in total. The zero-order valence-electron chi connectivity index (χ0n) is 23.7. The van der Waals surface area contributed by atoms with Crippen molar-refractivity contribution in [3.05, 3.63) is 0 Å². The Morgan fingerprint density at radius 2 is 0.744 bits per heavy atom. The van der Waals surface area contributed by atoms with E-state index in [2.05, 4.69) is 21.3 Å². The van der Waals surface area contributed by atoms with Gasteiger partial charge in [0.05, 0.1) is 78.1 Å². The molecule has 0 aromatic carbocycles. The number of nitrogens with one attached hydrogen (secondary N) is 4. The summed E-state index contributed by atoms with van der Waals surface area (Å²) in [6.45, 7) is 8.81. The van der Waals surface area contributed by atoms with E-state index in [9.17, 15) is 24.0 Å². The van der Waals surface area contributed by atoms with Crippen LogP contribution in [-0.2, 0) is 47.7 Å². The number of ether oxygens (including phenoxy) is 5. The van der Waals surface area contributed by atoms with Gasteiger partial charge in [-0.3, -0.25) is 50.1 Å². The largest absolute Gasteiger partial charge is 0.465 e. The molecule has 4 N–H and O–H groups in total. The van der Waals surface area contributed by atoms with E-state index in [1.165, 1.54) is 0 Å². The Balaban J connectivity index is 5.69. The number of carbonyl (C=O) groups is 5. The van der Waals surface area contributed by atoms with Crippen LogP contribution >= 0.6 is 0 Å². The van der Waals surface area contributed by atoms with E-state index in [1.807, 2.05) is 0 Å². The number of hydrogen-bond acceptors (Lipinski definition) is 15. The molecular weight excluding hydrogens is 518 g/mol. The van der Waals surface area contributed by atoms with E-state index < -0.39 is 42.2 Å². The lowest BCUT2D eigenvalue weighted by atomic mass is 10.3. The number of hydrogen-bond donors (Lipinski definition) is 4. The minimum atomic E-state index is -0.663. The van der Waals surface area contributed by atoms with Crippen molar-refractivity contribution in [1.82, 2.24) is 26.2 Å². The Hall–Kier alpha value is -2.85. The molecule has 0 aliphatic carbocycles. The van der Waals surface area contributed by atoms with Gasteiger partial charge in [-0.2, -0.15) is 0 Å². The van der Waals surface area contributed by atoms with Crippen LogP contribution in [0.1, 0.15) is 34.6 Å². The summed E-state index contributed by atoms with van der Waals surface area (Å²) in [6.07, 6.45) is -1.33. The van der Waals surface area contributed by atoms with E-state index in [1.54, 1.807) is 39.5 Å². The standard InChI is InChI=1S/C24H45N5O10/c1-6-35-20(30)11-25-18(26-12-21(31)36-7-2)15-29(17-24(34)39-10-5)16-19(27-13-22(32)37-8-3)28-14-23(33)38-9-4/h18-19,25-28H,6-17H2,1-5H3. The fourth-order valence-corrected chi connectivity index (χ4v) is 3.19. The third-order valence-corrected chi connectivity index (χ3v) is 4.73. The van der Waals surface area contributed by atoms with Crippen LogP contribution in [0.2, 0.25) is 0 Å². The Labute approximate surface area is 229 Å². The number of nitrogens with zero attached hydrogens (tertiary/aromatic N) is 1. The highest BCUT2D eigenvalue weighted by molar-refractivity contribution is 5.73. The molecule has 0 spiro atoms. The molecule has 0 radical (unpaired) electrons. The Morgan fingerprint density at radius 1 is 0.487 bits per heavy atom. The third-order valence-electron chi connectivity index (χ3n) is 4.73. The smallest absolute Gasteiger partial charge is 0.320 e. The summed E-state index contributed by atoms with van der Waals surface area (Å²) in [4.78, 5) is 61.7. The van der Waals surface area contributed by atoms with Crippen LogP contribution in [0, 0.1) is 0 Å². The summed E-state index contributed by atoms with van der Waals surface area (Å²) in [5.74, 6) is -2.50. The number of esters is 5. The normalized spacial score (nSPS) is 11.0. The minimum Gasteiger partial charge on any atom is -0.465 e. The highest BCUT2D eigenvalue weighted by atomic mass is 16.5. The van der Waals surface area contributed by atoms with Crippen LogP contribution < -0.4 is 21.3 Å². The van der Waals surface area contributed by atoms with Gasteiger partial charge in [0.1, 0.15) is 0 Å². The third kappa shape index (κ3) is 19.8. The minimum absolute atomic E-state index is 0.107. The van der Waals surface area contributed by atoms with E-state index >= 15 is 0 Å². The summed E-state index contributed by atoms with van der Waals surface area (Å²) >= 11 is 0. The van der Waals surface area contributed by atoms with Crippen LogP contribution in [0.3, 0.4) is 0 Å². The predicted molar refractivity (Wildman–Crippen MR) is 139 cm³/mol. The van der Waals surface area contributed by atoms with Crippen molar-refractivity contribution in [2.24, 2.45) is 0 Å². The van der Waals surface area contributed by atoms with Crippen molar-refractivity contribution in [2.45, 2.75) is 47.0 Å². The van der Waals surface area contributed by atoms with Gasteiger partial charge in [0.25, 0.3) is 0 Å². The van der Waals surface area contributed by atoms with Gasteiger partial charge in [-0.25, -0.2) is 0 Å². The average Bonchev–Trinajstić information content (AvgIpc) is 2.88. The molecule has 0 rings (SSSR count). The molecule has 0 atom stereocenters. The fraction of sp³-hybridized carbons (Fsp3) is 0.792. The molecule has 0 heterocycles. The Kier molecular flexibility index (Phi) is 21.4. The van der Waals surface area contributed by atoms with Crippen molar-refractivity contribution in [1.29, 1.82) is 0 Å². The van der Waals surface area contributed by atoms with Gasteiger partial charge in [0, 0.05) is 13.1 Å². The zero-order chi connectivity index (χ0) is 29.5. The molecule has 0 saturated carbocycles. The summed E-state index contributed by atoms with van der Waals surface area (Å²) in [5.41, 5.74) is 0. The molecule has 0 fully saturated rings. The first-order valence-electron chi connectivity index (χ1n) is 13.1. The maximum absolute atomic E-state index is 12.4. The monoisotopic (exact) mass is 563 g/mol. The maximum atomic E-state index is 12.4. The molecule has 0 aromatic heterocycles. The van der Waals surface area contributed by atoms with Crippen LogP contribution in [0.5, 0.6) is 0 Å². The Morgan fingerprint density at radius 3 is 1.00 bits per heavy atom. The van der Waals surface area contributed by atoms with Crippen LogP contribution in [-0.4, -0.2) is 126 Å². The average molecular weight is 564 g/mol. The molecule has 0 amide bonds. The number of carbonyl (C=O) groups excluding carboxylic acids is 5. The van der Waals surface area contributed by atoms with E-state index in [4.69, 9.17) is 23.7 Å². The van der Waals surface area contributed by atoms with Gasteiger partial charge in [0.15, 0.2) is 0 Å². The van der Waals surface area contributed by atoms with Crippen molar-refractivity contribution < 1.29 is 47.7 Å². The molecule has 0 unspecified atom stereocenters. The van der Waals surface area contributed by atoms with Crippen LogP contribution in [0.4, 0.5) is 0 Å². The lowest BCUT2D eigenvalue weighted by Gasteiger charge is -2.31. The Bertz CT molecular complexity index is 646. The molecular formula is C24H45N5O10. The highest BCUT2D eigenvalue weighted by Gasteiger charge is 2.23. The quantitative estimate of drug-likeness (QED) is 0.0615. The van der Waals surface area contributed by atoms with Gasteiger partial charge in [0.2, 0.25) is 0 Å². The summed E-state index contributed by atoms with van der Waals surface area (Å²) in [5, 5.41) is 11.9. The molecule has 39 heavy (non-hydrogen) atoms. The first-order chi connectivity index (χ1) is 18.7. The molecule has 226 valence electrons. The fourth-order valence-electron chi connectivity index (χ4n) is 3.19. The van der Waals surface area contributed by atoms with Gasteiger partial charge in [-0.05, 0) is 34.6 Å². The summed E-state index contributed by atoms with van der Waals surface area (Å²) in [7, 11) is 0. The first kappa shape index (κ1) is 36.1. The van der Waals surface area contributed by atoms with Crippen molar-refractivity contribution in [2.75, 3.05) is 78.8 Å². The van der Waals surface area contributed by atoms with Gasteiger partial charge < -0.3 is 23.7 Å². The van der Waals surface area contributed by atoms with Crippen molar-refractivity contribution >= 4 is 29.8 Å². The lowest BCUT2D eigenvalue weighted by molar-refractivity contribution is -0.146. The molecule has 15 heteroatoms. The lowest BCUT2D eigenvalue weighted by Crippen LogP contribution is -2.58. The predicted octanol–water partition coefficient (Wildman–Crippen LogP) is -1.89.